The predicted octanol–water partition coefficient (Wildman–Crippen LogP) is 2.57. The topological polar surface area (TPSA) is 38.7 Å². The highest BCUT2D eigenvalue weighted by molar-refractivity contribution is 6.24. The lowest BCUT2D eigenvalue weighted by Crippen LogP contribution is -2.01. The normalized spacial score (nSPS) is 17.5. The maximum atomic E-state index is 11.3. The summed E-state index contributed by atoms with van der Waals surface area (Å²) >= 11 is 0. The van der Waals surface area contributed by atoms with E-state index < -0.39 is 0 Å². The van der Waals surface area contributed by atoms with E-state index in [1.54, 1.807) is 13.0 Å². The SMILES string of the molecule is CCc1ccc(C=C2C(=O)ON=C2C)cc1. The molecular formula is C13H13NO2. The van der Waals surface area contributed by atoms with E-state index in [1.165, 1.54) is 5.56 Å². The fourth-order valence-corrected chi connectivity index (χ4v) is 1.54. The Hall–Kier alpha value is -1.90. The van der Waals surface area contributed by atoms with Crippen molar-refractivity contribution < 1.29 is 9.63 Å². The molecule has 0 fully saturated rings. The molecule has 0 aliphatic carbocycles. The zero-order chi connectivity index (χ0) is 11.5. The van der Waals surface area contributed by atoms with E-state index in [-0.39, 0.29) is 5.97 Å². The van der Waals surface area contributed by atoms with Crippen LogP contribution in [-0.4, -0.2) is 11.7 Å². The molecule has 1 aromatic rings. The van der Waals surface area contributed by atoms with Crippen molar-refractivity contribution in [3.05, 3.63) is 41.0 Å². The van der Waals surface area contributed by atoms with Crippen LogP contribution in [0.15, 0.2) is 35.0 Å². The van der Waals surface area contributed by atoms with Gasteiger partial charge in [0.15, 0.2) is 0 Å². The minimum atomic E-state index is -0.378. The van der Waals surface area contributed by atoms with E-state index in [4.69, 9.17) is 0 Å². The summed E-state index contributed by atoms with van der Waals surface area (Å²) in [5.41, 5.74) is 3.43. The van der Waals surface area contributed by atoms with Crippen molar-refractivity contribution in [2.24, 2.45) is 5.16 Å². The molecule has 1 aromatic carbocycles. The van der Waals surface area contributed by atoms with Gasteiger partial charge in [-0.25, -0.2) is 4.79 Å². The van der Waals surface area contributed by atoms with E-state index >= 15 is 0 Å². The summed E-state index contributed by atoms with van der Waals surface area (Å²) < 4.78 is 0. The second-order valence-corrected chi connectivity index (χ2v) is 3.71. The van der Waals surface area contributed by atoms with Crippen molar-refractivity contribution in [2.45, 2.75) is 20.3 Å². The number of nitrogens with zero attached hydrogens (tertiary/aromatic N) is 1. The van der Waals surface area contributed by atoms with E-state index in [1.807, 2.05) is 12.1 Å². The number of oxime groups is 1. The number of hydrogen-bond donors (Lipinski definition) is 0. The molecule has 0 bridgehead atoms. The monoisotopic (exact) mass is 215 g/mol. The van der Waals surface area contributed by atoms with Crippen LogP contribution in [0.3, 0.4) is 0 Å². The highest BCUT2D eigenvalue weighted by atomic mass is 16.7. The second kappa shape index (κ2) is 4.31. The van der Waals surface area contributed by atoms with Gasteiger partial charge in [0.2, 0.25) is 0 Å². The van der Waals surface area contributed by atoms with Crippen LogP contribution in [-0.2, 0) is 16.1 Å². The van der Waals surface area contributed by atoms with E-state index in [2.05, 4.69) is 29.0 Å². The summed E-state index contributed by atoms with van der Waals surface area (Å²) in [6.07, 6.45) is 2.81. The van der Waals surface area contributed by atoms with Gasteiger partial charge < -0.3 is 4.84 Å². The van der Waals surface area contributed by atoms with Gasteiger partial charge in [0, 0.05) is 0 Å². The van der Waals surface area contributed by atoms with Gasteiger partial charge in [0.1, 0.15) is 0 Å². The zero-order valence-electron chi connectivity index (χ0n) is 9.36. The van der Waals surface area contributed by atoms with Crippen LogP contribution in [0.4, 0.5) is 0 Å². The van der Waals surface area contributed by atoms with Gasteiger partial charge >= 0.3 is 5.97 Å². The molecule has 1 aliphatic rings. The molecular weight excluding hydrogens is 202 g/mol. The summed E-state index contributed by atoms with van der Waals surface area (Å²) in [7, 11) is 0. The molecule has 16 heavy (non-hydrogen) atoms. The van der Waals surface area contributed by atoms with Crippen molar-refractivity contribution in [3.63, 3.8) is 0 Å². The molecule has 0 atom stereocenters. The first-order valence-corrected chi connectivity index (χ1v) is 5.27. The van der Waals surface area contributed by atoms with E-state index in [0.717, 1.165) is 12.0 Å². The van der Waals surface area contributed by atoms with Gasteiger partial charge in [-0.15, -0.1) is 0 Å². The Labute approximate surface area is 94.4 Å². The van der Waals surface area contributed by atoms with Gasteiger partial charge in [0.25, 0.3) is 0 Å². The third-order valence-electron chi connectivity index (χ3n) is 2.57. The summed E-state index contributed by atoms with van der Waals surface area (Å²) in [6, 6.07) is 8.09. The number of aryl methyl sites for hydroxylation is 1. The maximum absolute atomic E-state index is 11.3. The molecule has 0 amide bonds. The van der Waals surface area contributed by atoms with E-state index in [9.17, 15) is 4.79 Å². The largest absolute Gasteiger partial charge is 0.367 e. The van der Waals surface area contributed by atoms with Crippen molar-refractivity contribution in [2.75, 3.05) is 0 Å². The van der Waals surface area contributed by atoms with Crippen LogP contribution in [0.25, 0.3) is 6.08 Å². The van der Waals surface area contributed by atoms with Gasteiger partial charge in [0.05, 0.1) is 11.3 Å². The molecule has 0 spiro atoms. The molecule has 0 saturated carbocycles. The summed E-state index contributed by atoms with van der Waals surface area (Å²) in [4.78, 5) is 15.9. The van der Waals surface area contributed by atoms with Crippen molar-refractivity contribution in [1.29, 1.82) is 0 Å². The third kappa shape index (κ3) is 2.03. The average molecular weight is 215 g/mol. The number of hydrogen-bond acceptors (Lipinski definition) is 3. The maximum Gasteiger partial charge on any atom is 0.367 e. The molecule has 0 unspecified atom stereocenters. The number of carbonyl (C=O) groups is 1. The Bertz CT molecular complexity index is 469. The van der Waals surface area contributed by atoms with Crippen LogP contribution in [0.5, 0.6) is 0 Å². The summed E-state index contributed by atoms with van der Waals surface area (Å²) in [5.74, 6) is -0.378. The predicted molar refractivity (Wildman–Crippen MR) is 63.0 cm³/mol. The smallest absolute Gasteiger partial charge is 0.312 e. The molecule has 3 nitrogen and oxygen atoms in total. The second-order valence-electron chi connectivity index (χ2n) is 3.71. The lowest BCUT2D eigenvalue weighted by atomic mass is 10.1. The Morgan fingerprint density at radius 1 is 1.31 bits per heavy atom. The molecule has 82 valence electrons. The number of benzene rings is 1. The van der Waals surface area contributed by atoms with Crippen LogP contribution in [0.2, 0.25) is 0 Å². The molecule has 1 aliphatic heterocycles. The van der Waals surface area contributed by atoms with Crippen molar-refractivity contribution in [1.82, 2.24) is 0 Å². The van der Waals surface area contributed by atoms with Gasteiger partial charge in [-0.2, -0.15) is 0 Å². The highest BCUT2D eigenvalue weighted by Crippen LogP contribution is 2.15. The van der Waals surface area contributed by atoms with Gasteiger partial charge in [-0.3, -0.25) is 0 Å². The summed E-state index contributed by atoms with van der Waals surface area (Å²) in [5, 5.41) is 3.63. The standard InChI is InChI=1S/C13H13NO2/c1-3-10-4-6-11(7-5-10)8-12-9(2)14-16-13(12)15/h4-8H,3H2,1-2H3. The van der Waals surface area contributed by atoms with Crippen LogP contribution in [0.1, 0.15) is 25.0 Å². The Morgan fingerprint density at radius 2 is 2.00 bits per heavy atom. The van der Waals surface area contributed by atoms with E-state index in [0.29, 0.717) is 11.3 Å². The first-order valence-electron chi connectivity index (χ1n) is 5.27. The Balaban J connectivity index is 2.28. The molecule has 0 saturated heterocycles. The lowest BCUT2D eigenvalue weighted by Gasteiger charge is -1.98. The zero-order valence-corrected chi connectivity index (χ0v) is 9.36. The Morgan fingerprint density at radius 3 is 2.50 bits per heavy atom. The summed E-state index contributed by atoms with van der Waals surface area (Å²) in [6.45, 7) is 3.87. The molecule has 3 heteroatoms. The molecule has 0 radical (unpaired) electrons. The van der Waals surface area contributed by atoms with Crippen LogP contribution in [0, 0.1) is 0 Å². The fourth-order valence-electron chi connectivity index (χ4n) is 1.54. The molecule has 2 rings (SSSR count). The highest BCUT2D eigenvalue weighted by Gasteiger charge is 2.21. The molecule has 1 heterocycles. The van der Waals surface area contributed by atoms with Crippen molar-refractivity contribution >= 4 is 17.8 Å². The first kappa shape index (κ1) is 10.6. The minimum absolute atomic E-state index is 0.378. The third-order valence-corrected chi connectivity index (χ3v) is 2.57. The van der Waals surface area contributed by atoms with Crippen molar-refractivity contribution in [3.8, 4) is 0 Å². The molecule has 0 aromatic heterocycles. The van der Waals surface area contributed by atoms with Crippen LogP contribution < -0.4 is 0 Å². The molecule has 0 N–H and O–H groups in total. The fraction of sp³-hybridized carbons (Fsp3) is 0.231. The van der Waals surface area contributed by atoms with Crippen LogP contribution >= 0.6 is 0 Å². The number of rotatable bonds is 2. The average Bonchev–Trinajstić information content (AvgIpc) is 2.62. The number of carbonyl (C=O) groups excluding carboxylic acids is 1. The minimum Gasteiger partial charge on any atom is -0.312 e. The quantitative estimate of drug-likeness (QED) is 0.561. The lowest BCUT2D eigenvalue weighted by molar-refractivity contribution is -0.136. The van der Waals surface area contributed by atoms with Gasteiger partial charge in [-0.05, 0) is 30.5 Å². The van der Waals surface area contributed by atoms with Gasteiger partial charge in [-0.1, -0.05) is 36.3 Å². The Kier molecular flexibility index (Phi) is 2.86. The first-order chi connectivity index (χ1) is 7.70.